The molecule has 1 aromatic carbocycles. The molecule has 1 aromatic rings. The standard InChI is InChI=1S/C25H44N2O/c1-3-26(4-2)23-24-15-17-25(18-16-24)28-22-14-10-8-6-5-7-9-11-19-27-20-12-13-21-27/h15-18H,3-14,19-23H2,1-2H3. The molecule has 0 atom stereocenters. The molecule has 1 aliphatic rings. The fourth-order valence-corrected chi connectivity index (χ4v) is 4.09. The second kappa shape index (κ2) is 14.9. The highest BCUT2D eigenvalue weighted by atomic mass is 16.5. The molecule has 0 N–H and O–H groups in total. The summed E-state index contributed by atoms with van der Waals surface area (Å²) in [6.07, 6.45) is 13.7. The predicted molar refractivity (Wildman–Crippen MR) is 121 cm³/mol. The van der Waals surface area contributed by atoms with Gasteiger partial charge in [0.05, 0.1) is 6.61 Å². The summed E-state index contributed by atoms with van der Waals surface area (Å²) < 4.78 is 5.91. The lowest BCUT2D eigenvalue weighted by molar-refractivity contribution is 0.294. The van der Waals surface area contributed by atoms with Crippen LogP contribution in [0.25, 0.3) is 0 Å². The van der Waals surface area contributed by atoms with Crippen LogP contribution in [-0.4, -0.2) is 49.1 Å². The van der Waals surface area contributed by atoms with Crippen LogP contribution in [0.1, 0.15) is 83.6 Å². The first kappa shape index (κ1) is 23.2. The molecule has 28 heavy (non-hydrogen) atoms. The van der Waals surface area contributed by atoms with Gasteiger partial charge < -0.3 is 9.64 Å². The molecule has 0 aliphatic carbocycles. The Morgan fingerprint density at radius 2 is 1.36 bits per heavy atom. The Hall–Kier alpha value is -1.06. The molecular weight excluding hydrogens is 344 g/mol. The lowest BCUT2D eigenvalue weighted by Gasteiger charge is -2.18. The maximum atomic E-state index is 5.91. The van der Waals surface area contributed by atoms with Crippen molar-refractivity contribution in [3.63, 3.8) is 0 Å². The molecule has 0 aromatic heterocycles. The fraction of sp³-hybridized carbons (Fsp3) is 0.760. The second-order valence-electron chi connectivity index (χ2n) is 8.33. The average Bonchev–Trinajstić information content (AvgIpc) is 3.24. The van der Waals surface area contributed by atoms with Crippen LogP contribution in [0, 0.1) is 0 Å². The van der Waals surface area contributed by atoms with Crippen molar-refractivity contribution in [1.82, 2.24) is 9.80 Å². The first-order chi connectivity index (χ1) is 13.8. The summed E-state index contributed by atoms with van der Waals surface area (Å²) in [5.74, 6) is 1.02. The van der Waals surface area contributed by atoms with Gasteiger partial charge in [0.1, 0.15) is 5.75 Å². The summed E-state index contributed by atoms with van der Waals surface area (Å²) in [6.45, 7) is 12.6. The zero-order valence-corrected chi connectivity index (χ0v) is 18.6. The van der Waals surface area contributed by atoms with E-state index < -0.39 is 0 Å². The van der Waals surface area contributed by atoms with Gasteiger partial charge in [0.2, 0.25) is 0 Å². The van der Waals surface area contributed by atoms with Gasteiger partial charge in [-0.1, -0.05) is 64.5 Å². The van der Waals surface area contributed by atoms with Crippen molar-refractivity contribution < 1.29 is 4.74 Å². The van der Waals surface area contributed by atoms with Crippen molar-refractivity contribution in [2.75, 3.05) is 39.3 Å². The van der Waals surface area contributed by atoms with Crippen LogP contribution in [0.5, 0.6) is 5.75 Å². The van der Waals surface area contributed by atoms with Gasteiger partial charge in [-0.15, -0.1) is 0 Å². The Balaban J connectivity index is 1.39. The Morgan fingerprint density at radius 3 is 1.96 bits per heavy atom. The molecule has 3 heteroatoms. The largest absolute Gasteiger partial charge is 0.494 e. The van der Waals surface area contributed by atoms with Crippen molar-refractivity contribution in [2.45, 2.75) is 84.6 Å². The van der Waals surface area contributed by atoms with Crippen LogP contribution in [0.15, 0.2) is 24.3 Å². The van der Waals surface area contributed by atoms with Crippen molar-refractivity contribution in [2.24, 2.45) is 0 Å². The van der Waals surface area contributed by atoms with Crippen molar-refractivity contribution in [3.8, 4) is 5.75 Å². The fourth-order valence-electron chi connectivity index (χ4n) is 4.09. The molecule has 0 bridgehead atoms. The van der Waals surface area contributed by atoms with E-state index in [1.165, 1.54) is 89.4 Å². The monoisotopic (exact) mass is 388 g/mol. The van der Waals surface area contributed by atoms with Gasteiger partial charge in [-0.05, 0) is 76.1 Å². The average molecular weight is 389 g/mol. The maximum Gasteiger partial charge on any atom is 0.119 e. The smallest absolute Gasteiger partial charge is 0.119 e. The molecule has 0 saturated carbocycles. The first-order valence-electron chi connectivity index (χ1n) is 12.0. The van der Waals surface area contributed by atoms with E-state index in [4.69, 9.17) is 4.74 Å². The third-order valence-electron chi connectivity index (χ3n) is 6.06. The molecule has 1 fully saturated rings. The number of ether oxygens (including phenoxy) is 1. The highest BCUT2D eigenvalue weighted by molar-refractivity contribution is 5.27. The van der Waals surface area contributed by atoms with Crippen LogP contribution in [0.4, 0.5) is 0 Å². The Kier molecular flexibility index (Phi) is 12.3. The lowest BCUT2D eigenvalue weighted by atomic mass is 10.1. The van der Waals surface area contributed by atoms with Crippen LogP contribution < -0.4 is 4.74 Å². The summed E-state index contributed by atoms with van der Waals surface area (Å²) in [6, 6.07) is 8.66. The zero-order valence-electron chi connectivity index (χ0n) is 18.6. The first-order valence-corrected chi connectivity index (χ1v) is 12.0. The highest BCUT2D eigenvalue weighted by Gasteiger charge is 2.09. The molecule has 0 radical (unpaired) electrons. The molecule has 1 heterocycles. The molecule has 2 rings (SSSR count). The van der Waals surface area contributed by atoms with Crippen molar-refractivity contribution >= 4 is 0 Å². The van der Waals surface area contributed by atoms with E-state index in [9.17, 15) is 0 Å². The van der Waals surface area contributed by atoms with E-state index in [-0.39, 0.29) is 0 Å². The normalized spacial score (nSPS) is 14.8. The van der Waals surface area contributed by atoms with Crippen molar-refractivity contribution in [1.29, 1.82) is 0 Å². The Labute approximate surface area is 174 Å². The van der Waals surface area contributed by atoms with E-state index >= 15 is 0 Å². The Morgan fingerprint density at radius 1 is 0.786 bits per heavy atom. The highest BCUT2D eigenvalue weighted by Crippen LogP contribution is 2.15. The number of likely N-dealkylation sites (tertiary alicyclic amines) is 1. The minimum Gasteiger partial charge on any atom is -0.494 e. The molecule has 3 nitrogen and oxygen atoms in total. The third kappa shape index (κ3) is 9.93. The number of hydrogen-bond donors (Lipinski definition) is 0. The van der Waals surface area contributed by atoms with Gasteiger partial charge in [0.15, 0.2) is 0 Å². The minimum atomic E-state index is 0.852. The summed E-state index contributed by atoms with van der Waals surface area (Å²) >= 11 is 0. The van der Waals surface area contributed by atoms with Crippen LogP contribution in [0.2, 0.25) is 0 Å². The number of benzene rings is 1. The van der Waals surface area contributed by atoms with E-state index in [1.54, 1.807) is 0 Å². The zero-order chi connectivity index (χ0) is 19.9. The Bertz CT molecular complexity index is 478. The van der Waals surface area contributed by atoms with E-state index in [0.29, 0.717) is 0 Å². The van der Waals surface area contributed by atoms with Gasteiger partial charge in [-0.2, -0.15) is 0 Å². The summed E-state index contributed by atoms with van der Waals surface area (Å²) in [4.78, 5) is 5.07. The van der Waals surface area contributed by atoms with Crippen LogP contribution in [-0.2, 0) is 6.54 Å². The van der Waals surface area contributed by atoms with E-state index in [0.717, 1.165) is 32.0 Å². The van der Waals surface area contributed by atoms with E-state index in [1.807, 2.05) is 0 Å². The van der Waals surface area contributed by atoms with Gasteiger partial charge in [0.25, 0.3) is 0 Å². The molecule has 1 aliphatic heterocycles. The SMILES string of the molecule is CCN(CC)Cc1ccc(OCCCCCCCCCCN2CCCC2)cc1. The summed E-state index contributed by atoms with van der Waals surface area (Å²) in [5.41, 5.74) is 1.37. The minimum absolute atomic E-state index is 0.852. The van der Waals surface area contributed by atoms with Gasteiger partial charge in [0, 0.05) is 6.54 Å². The molecule has 0 unspecified atom stereocenters. The van der Waals surface area contributed by atoms with Crippen LogP contribution >= 0.6 is 0 Å². The topological polar surface area (TPSA) is 15.7 Å². The molecule has 160 valence electrons. The van der Waals surface area contributed by atoms with E-state index in [2.05, 4.69) is 47.9 Å². The summed E-state index contributed by atoms with van der Waals surface area (Å²) in [5, 5.41) is 0. The van der Waals surface area contributed by atoms with Gasteiger partial charge in [-0.3, -0.25) is 4.90 Å². The second-order valence-corrected chi connectivity index (χ2v) is 8.33. The number of nitrogens with zero attached hydrogens (tertiary/aromatic N) is 2. The number of hydrogen-bond acceptors (Lipinski definition) is 3. The maximum absolute atomic E-state index is 5.91. The number of rotatable bonds is 16. The lowest BCUT2D eigenvalue weighted by Crippen LogP contribution is -2.21. The van der Waals surface area contributed by atoms with Crippen molar-refractivity contribution in [3.05, 3.63) is 29.8 Å². The predicted octanol–water partition coefficient (Wildman–Crippen LogP) is 6.12. The van der Waals surface area contributed by atoms with Crippen LogP contribution in [0.3, 0.4) is 0 Å². The molecular formula is C25H44N2O. The molecule has 0 spiro atoms. The van der Waals surface area contributed by atoms with Gasteiger partial charge >= 0.3 is 0 Å². The molecule has 1 saturated heterocycles. The molecule has 0 amide bonds. The third-order valence-corrected chi connectivity index (χ3v) is 6.06. The number of unbranched alkanes of at least 4 members (excludes halogenated alkanes) is 7. The quantitative estimate of drug-likeness (QED) is 0.317. The van der Waals surface area contributed by atoms with Gasteiger partial charge in [-0.25, -0.2) is 0 Å². The summed E-state index contributed by atoms with van der Waals surface area (Å²) in [7, 11) is 0.